The van der Waals surface area contributed by atoms with Crippen LogP contribution in [0.15, 0.2) is 24.3 Å². The molecule has 0 saturated carbocycles. The summed E-state index contributed by atoms with van der Waals surface area (Å²) in [6, 6.07) is 7.86. The number of hydrogen-bond acceptors (Lipinski definition) is 2. The molecule has 1 unspecified atom stereocenters. The van der Waals surface area contributed by atoms with E-state index in [1.54, 1.807) is 0 Å². The number of benzene rings is 1. The molecule has 0 fully saturated rings. The molecule has 0 aliphatic rings. The largest absolute Gasteiger partial charge is 0.449 e. The lowest BCUT2D eigenvalue weighted by atomic mass is 10.1. The summed E-state index contributed by atoms with van der Waals surface area (Å²) in [6.07, 6.45) is -0.205. The van der Waals surface area contributed by atoms with Crippen molar-refractivity contribution in [3.05, 3.63) is 35.4 Å². The van der Waals surface area contributed by atoms with Crippen molar-refractivity contribution in [1.82, 2.24) is 0 Å². The van der Waals surface area contributed by atoms with Crippen LogP contribution in [0, 0.1) is 6.92 Å². The second-order valence-corrected chi connectivity index (χ2v) is 2.75. The minimum absolute atomic E-state index is 0.205. The third kappa shape index (κ3) is 2.09. The van der Waals surface area contributed by atoms with Crippen LogP contribution in [-0.4, -0.2) is 6.47 Å². The smallest absolute Gasteiger partial charge is 0.418 e. The molecule has 1 radical (unpaired) electrons. The molecule has 0 heterocycles. The summed E-state index contributed by atoms with van der Waals surface area (Å²) in [5.74, 6) is 0. The average Bonchev–Trinajstić information content (AvgIpc) is 2.06. The Morgan fingerprint density at radius 3 is 2.42 bits per heavy atom. The first-order valence-electron chi connectivity index (χ1n) is 3.83. The molecule has 12 heavy (non-hydrogen) atoms. The molecule has 0 aliphatic carbocycles. The van der Waals surface area contributed by atoms with Crippen molar-refractivity contribution in [2.24, 2.45) is 0 Å². The van der Waals surface area contributed by atoms with Gasteiger partial charge in [0.25, 0.3) is 0 Å². The van der Waals surface area contributed by atoms with Gasteiger partial charge in [0.05, 0.1) is 0 Å². The fraction of sp³-hybridized carbons (Fsp3) is 0.300. The van der Waals surface area contributed by atoms with Crippen molar-refractivity contribution in [2.45, 2.75) is 20.0 Å². The minimum atomic E-state index is -0.205. The van der Waals surface area contributed by atoms with Gasteiger partial charge in [-0.15, -0.1) is 0 Å². The normalized spacial score (nSPS) is 12.2. The second-order valence-electron chi connectivity index (χ2n) is 2.75. The van der Waals surface area contributed by atoms with Crippen LogP contribution >= 0.6 is 0 Å². The van der Waals surface area contributed by atoms with Gasteiger partial charge in [0.1, 0.15) is 6.10 Å². The number of ether oxygens (including phenoxy) is 1. The summed E-state index contributed by atoms with van der Waals surface area (Å²) in [5.41, 5.74) is 2.19. The van der Waals surface area contributed by atoms with Crippen LogP contribution in [0.2, 0.25) is 0 Å². The van der Waals surface area contributed by atoms with Gasteiger partial charge in [-0.25, -0.2) is 4.79 Å². The zero-order valence-corrected chi connectivity index (χ0v) is 7.20. The van der Waals surface area contributed by atoms with Gasteiger partial charge < -0.3 is 4.74 Å². The van der Waals surface area contributed by atoms with E-state index in [0.717, 1.165) is 5.56 Å². The van der Waals surface area contributed by atoms with Gasteiger partial charge in [0, 0.05) is 0 Å². The Kier molecular flexibility index (Phi) is 2.86. The summed E-state index contributed by atoms with van der Waals surface area (Å²) in [4.78, 5) is 9.91. The molecule has 63 valence electrons. The Labute approximate surface area is 72.2 Å². The lowest BCUT2D eigenvalue weighted by Gasteiger charge is -2.08. The SMILES string of the molecule is Cc1ccc(C(C)O[C]=O)cc1. The summed E-state index contributed by atoms with van der Waals surface area (Å²) in [5, 5.41) is 0. The van der Waals surface area contributed by atoms with E-state index in [9.17, 15) is 4.79 Å². The van der Waals surface area contributed by atoms with E-state index in [2.05, 4.69) is 4.74 Å². The monoisotopic (exact) mass is 163 g/mol. The summed E-state index contributed by atoms with van der Waals surface area (Å²) in [7, 11) is 0. The molecule has 1 rings (SSSR count). The van der Waals surface area contributed by atoms with Crippen molar-refractivity contribution in [2.75, 3.05) is 0 Å². The number of rotatable bonds is 3. The van der Waals surface area contributed by atoms with Crippen LogP contribution in [0.1, 0.15) is 24.2 Å². The maximum atomic E-state index is 9.91. The lowest BCUT2D eigenvalue weighted by molar-refractivity contribution is 0.198. The molecular weight excluding hydrogens is 152 g/mol. The van der Waals surface area contributed by atoms with E-state index in [0.29, 0.717) is 0 Å². The molecule has 2 nitrogen and oxygen atoms in total. The highest BCUT2D eigenvalue weighted by atomic mass is 16.5. The third-order valence-electron chi connectivity index (χ3n) is 1.77. The first kappa shape index (κ1) is 8.78. The molecule has 0 aliphatic heterocycles. The Hall–Kier alpha value is -1.31. The van der Waals surface area contributed by atoms with Crippen LogP contribution in [-0.2, 0) is 9.53 Å². The number of aryl methyl sites for hydroxylation is 1. The molecule has 0 saturated heterocycles. The first-order valence-corrected chi connectivity index (χ1v) is 3.83. The first-order chi connectivity index (χ1) is 5.74. The van der Waals surface area contributed by atoms with E-state index in [1.807, 2.05) is 38.1 Å². The van der Waals surface area contributed by atoms with E-state index < -0.39 is 0 Å². The van der Waals surface area contributed by atoms with E-state index in [-0.39, 0.29) is 6.10 Å². The Morgan fingerprint density at radius 2 is 1.92 bits per heavy atom. The molecule has 1 aromatic carbocycles. The van der Waals surface area contributed by atoms with Crippen molar-refractivity contribution in [3.8, 4) is 0 Å². The van der Waals surface area contributed by atoms with Gasteiger partial charge in [0.15, 0.2) is 0 Å². The molecule has 2 heteroatoms. The van der Waals surface area contributed by atoms with Crippen molar-refractivity contribution in [3.63, 3.8) is 0 Å². The second kappa shape index (κ2) is 3.90. The molecule has 1 atom stereocenters. The highest BCUT2D eigenvalue weighted by molar-refractivity contribution is 5.39. The Balaban J connectivity index is 2.74. The molecule has 0 N–H and O–H groups in total. The lowest BCUT2D eigenvalue weighted by Crippen LogP contribution is -1.97. The molecule has 0 spiro atoms. The van der Waals surface area contributed by atoms with Crippen molar-refractivity contribution in [1.29, 1.82) is 0 Å². The van der Waals surface area contributed by atoms with Gasteiger partial charge in [-0.3, -0.25) is 0 Å². The Bertz CT molecular complexity index is 251. The van der Waals surface area contributed by atoms with Gasteiger partial charge in [-0.2, -0.15) is 0 Å². The van der Waals surface area contributed by atoms with Gasteiger partial charge >= 0.3 is 6.47 Å². The number of hydrogen-bond donors (Lipinski definition) is 0. The minimum Gasteiger partial charge on any atom is -0.449 e. The average molecular weight is 163 g/mol. The van der Waals surface area contributed by atoms with Crippen molar-refractivity contribution < 1.29 is 9.53 Å². The maximum absolute atomic E-state index is 9.91. The molecule has 0 amide bonds. The molecule has 1 aromatic rings. The fourth-order valence-electron chi connectivity index (χ4n) is 0.978. The topological polar surface area (TPSA) is 26.3 Å². The van der Waals surface area contributed by atoms with Gasteiger partial charge in [-0.05, 0) is 19.4 Å². The fourth-order valence-corrected chi connectivity index (χ4v) is 0.978. The van der Waals surface area contributed by atoms with Gasteiger partial charge in [0.2, 0.25) is 0 Å². The Morgan fingerprint density at radius 1 is 1.33 bits per heavy atom. The zero-order valence-electron chi connectivity index (χ0n) is 7.20. The highest BCUT2D eigenvalue weighted by Crippen LogP contribution is 2.15. The molecular formula is C10H11O2. The predicted molar refractivity (Wildman–Crippen MR) is 46.4 cm³/mol. The molecule has 0 bridgehead atoms. The molecule has 0 aromatic heterocycles. The van der Waals surface area contributed by atoms with Crippen LogP contribution in [0.5, 0.6) is 0 Å². The van der Waals surface area contributed by atoms with E-state index >= 15 is 0 Å². The zero-order chi connectivity index (χ0) is 8.97. The highest BCUT2D eigenvalue weighted by Gasteiger charge is 2.04. The van der Waals surface area contributed by atoms with Crippen LogP contribution in [0.3, 0.4) is 0 Å². The van der Waals surface area contributed by atoms with Gasteiger partial charge in [-0.1, -0.05) is 29.8 Å². The number of carbonyl (C=O) groups excluding carboxylic acids is 1. The summed E-state index contributed by atoms with van der Waals surface area (Å²) < 4.78 is 4.66. The summed E-state index contributed by atoms with van der Waals surface area (Å²) in [6.45, 7) is 5.26. The summed E-state index contributed by atoms with van der Waals surface area (Å²) >= 11 is 0. The quantitative estimate of drug-likeness (QED) is 0.682. The van der Waals surface area contributed by atoms with Crippen molar-refractivity contribution >= 4 is 6.47 Å². The predicted octanol–water partition coefficient (Wildman–Crippen LogP) is 2.14. The third-order valence-corrected chi connectivity index (χ3v) is 1.77. The maximum Gasteiger partial charge on any atom is 0.418 e. The van der Waals surface area contributed by atoms with Crippen LogP contribution < -0.4 is 0 Å². The van der Waals surface area contributed by atoms with E-state index in [1.165, 1.54) is 12.0 Å². The standard InChI is InChI=1S/C10H11O2/c1-8-3-5-10(6-4-8)9(2)12-7-11/h3-6,9H,1-2H3. The van der Waals surface area contributed by atoms with Crippen LogP contribution in [0.4, 0.5) is 0 Å². The van der Waals surface area contributed by atoms with Crippen LogP contribution in [0.25, 0.3) is 0 Å². The van der Waals surface area contributed by atoms with E-state index in [4.69, 9.17) is 0 Å².